The lowest BCUT2D eigenvalue weighted by Gasteiger charge is -2.22. The number of halogens is 2. The molecule has 1 aliphatic rings. The summed E-state index contributed by atoms with van der Waals surface area (Å²) in [5, 5.41) is 13.8. The van der Waals surface area contributed by atoms with E-state index in [1.165, 1.54) is 28.4 Å². The molecule has 2 heterocycles. The first-order valence-corrected chi connectivity index (χ1v) is 10.3. The van der Waals surface area contributed by atoms with Gasteiger partial charge in [0.05, 0.1) is 16.8 Å². The summed E-state index contributed by atoms with van der Waals surface area (Å²) in [6.45, 7) is 0.362. The second-order valence-corrected chi connectivity index (χ2v) is 8.41. The van der Waals surface area contributed by atoms with Crippen molar-refractivity contribution in [3.63, 3.8) is 0 Å². The number of alkyl carbamates (subject to hydrolysis) is 1. The molecule has 0 aliphatic carbocycles. The van der Waals surface area contributed by atoms with E-state index in [0.29, 0.717) is 5.56 Å². The molecule has 2 amide bonds. The van der Waals surface area contributed by atoms with Crippen molar-refractivity contribution in [3.05, 3.63) is 63.9 Å². The highest BCUT2D eigenvalue weighted by Crippen LogP contribution is 2.28. The van der Waals surface area contributed by atoms with E-state index in [9.17, 15) is 19.1 Å². The number of carbonyl (C=O) groups excluding carboxylic acids is 2. The van der Waals surface area contributed by atoms with Crippen LogP contribution < -0.4 is 5.32 Å². The van der Waals surface area contributed by atoms with Gasteiger partial charge in [-0.05, 0) is 35.9 Å². The molecule has 1 atom stereocenters. The van der Waals surface area contributed by atoms with Gasteiger partial charge in [0.15, 0.2) is 0 Å². The summed E-state index contributed by atoms with van der Waals surface area (Å²) in [4.78, 5) is 30.6. The highest BCUT2D eigenvalue weighted by molar-refractivity contribution is 7.18. The van der Waals surface area contributed by atoms with E-state index in [1.54, 1.807) is 0 Å². The van der Waals surface area contributed by atoms with Crippen LogP contribution in [0.2, 0.25) is 5.02 Å². The predicted molar refractivity (Wildman–Crippen MR) is 109 cm³/mol. The maximum Gasteiger partial charge on any atom is 0.410 e. The summed E-state index contributed by atoms with van der Waals surface area (Å²) in [7, 11) is 0. The lowest BCUT2D eigenvalue weighted by Crippen LogP contribution is -2.45. The zero-order chi connectivity index (χ0) is 21.3. The molecular weight excluding hydrogens is 433 g/mol. The van der Waals surface area contributed by atoms with Crippen molar-refractivity contribution in [2.75, 3.05) is 6.54 Å². The number of amides is 2. The third-order valence-corrected chi connectivity index (χ3v) is 5.87. The van der Waals surface area contributed by atoms with Crippen molar-refractivity contribution in [3.8, 4) is 0 Å². The van der Waals surface area contributed by atoms with Crippen LogP contribution in [0.5, 0.6) is 0 Å². The molecule has 1 aromatic heterocycles. The van der Waals surface area contributed by atoms with Crippen LogP contribution in [0.25, 0.3) is 10.2 Å². The molecule has 3 aromatic rings. The Morgan fingerprint density at radius 3 is 2.93 bits per heavy atom. The zero-order valence-corrected chi connectivity index (χ0v) is 17.2. The number of ether oxygens (including phenoxy) is 1. The molecule has 156 valence electrons. The van der Waals surface area contributed by atoms with Crippen LogP contribution in [0.1, 0.15) is 17.0 Å². The Kier molecular flexibility index (Phi) is 5.59. The Labute approximate surface area is 180 Å². The van der Waals surface area contributed by atoms with Crippen molar-refractivity contribution in [2.45, 2.75) is 25.3 Å². The summed E-state index contributed by atoms with van der Waals surface area (Å²) in [6.07, 6.45) is -1.05. The molecule has 10 heteroatoms. The smallest absolute Gasteiger partial charge is 0.407 e. The number of aliphatic hydroxyl groups is 1. The normalized spacial score (nSPS) is 18.8. The van der Waals surface area contributed by atoms with Crippen LogP contribution >= 0.6 is 22.9 Å². The summed E-state index contributed by atoms with van der Waals surface area (Å²) in [6, 6.07) is 11.5. The summed E-state index contributed by atoms with van der Waals surface area (Å²) in [5.74, 6) is -3.49. The molecule has 2 aromatic carbocycles. The SMILES string of the molecule is O=C(NCc1cc(F)cc(Cl)c1)OC1(O)CCN(Cc2nc3ccccc3s2)C1=O. The van der Waals surface area contributed by atoms with Crippen LogP contribution in [0.3, 0.4) is 0 Å². The molecule has 7 nitrogen and oxygen atoms in total. The molecule has 0 spiro atoms. The Bertz CT molecular complexity index is 1070. The Hall–Kier alpha value is -2.75. The molecule has 2 N–H and O–H groups in total. The molecule has 1 unspecified atom stereocenters. The van der Waals surface area contributed by atoms with E-state index in [0.717, 1.165) is 21.3 Å². The highest BCUT2D eigenvalue weighted by atomic mass is 35.5. The fourth-order valence-electron chi connectivity index (χ4n) is 3.22. The fourth-order valence-corrected chi connectivity index (χ4v) is 4.44. The van der Waals surface area contributed by atoms with Gasteiger partial charge in [-0.2, -0.15) is 0 Å². The molecule has 0 saturated carbocycles. The van der Waals surface area contributed by atoms with E-state index >= 15 is 0 Å². The standard InChI is InChI=1S/C20H17ClFN3O4S/c21-13-7-12(8-14(22)9-13)10-23-19(27)29-20(28)5-6-25(18(20)26)11-17-24-15-3-1-2-4-16(15)30-17/h1-4,7-9,28H,5-6,10-11H2,(H,23,27). The second kappa shape index (κ2) is 8.17. The van der Waals surface area contributed by atoms with Crippen molar-refractivity contribution in [1.29, 1.82) is 0 Å². The molecule has 30 heavy (non-hydrogen) atoms. The fraction of sp³-hybridized carbons (Fsp3) is 0.250. The van der Waals surface area contributed by atoms with Gasteiger partial charge in [0.25, 0.3) is 11.7 Å². The van der Waals surface area contributed by atoms with Gasteiger partial charge in [0, 0.05) is 24.5 Å². The molecule has 0 bridgehead atoms. The van der Waals surface area contributed by atoms with Crippen LogP contribution in [-0.2, 0) is 22.6 Å². The average Bonchev–Trinajstić information content (AvgIpc) is 3.22. The quantitative estimate of drug-likeness (QED) is 0.582. The van der Waals surface area contributed by atoms with Gasteiger partial charge >= 0.3 is 6.09 Å². The number of thiazole rings is 1. The van der Waals surface area contributed by atoms with Crippen LogP contribution in [0.4, 0.5) is 9.18 Å². The third kappa shape index (κ3) is 4.38. The number of nitrogens with zero attached hydrogens (tertiary/aromatic N) is 2. The van der Waals surface area contributed by atoms with Gasteiger partial charge in [0.1, 0.15) is 10.8 Å². The van der Waals surface area contributed by atoms with Crippen LogP contribution in [-0.4, -0.2) is 39.3 Å². The minimum absolute atomic E-state index is 0.0596. The Balaban J connectivity index is 1.35. The largest absolute Gasteiger partial charge is 0.410 e. The van der Waals surface area contributed by atoms with Gasteiger partial charge in [0.2, 0.25) is 0 Å². The monoisotopic (exact) mass is 449 g/mol. The average molecular weight is 450 g/mol. The number of benzene rings is 2. The van der Waals surface area contributed by atoms with Gasteiger partial charge in [-0.3, -0.25) is 4.79 Å². The van der Waals surface area contributed by atoms with Crippen LogP contribution in [0.15, 0.2) is 42.5 Å². The number of hydrogen-bond donors (Lipinski definition) is 2. The number of aromatic nitrogens is 1. The minimum atomic E-state index is -2.25. The number of fused-ring (bicyclic) bond motifs is 1. The summed E-state index contributed by atoms with van der Waals surface area (Å²) in [5.41, 5.74) is 1.26. The zero-order valence-electron chi connectivity index (χ0n) is 15.6. The van der Waals surface area contributed by atoms with Crippen molar-refractivity contribution in [2.24, 2.45) is 0 Å². The van der Waals surface area contributed by atoms with E-state index in [4.69, 9.17) is 16.3 Å². The molecule has 4 rings (SSSR count). The number of likely N-dealkylation sites (tertiary alicyclic amines) is 1. The Morgan fingerprint density at radius 2 is 2.17 bits per heavy atom. The number of rotatable bonds is 5. The van der Waals surface area contributed by atoms with Crippen LogP contribution in [0, 0.1) is 5.82 Å². The first-order chi connectivity index (χ1) is 14.3. The van der Waals surface area contributed by atoms with E-state index < -0.39 is 23.6 Å². The van der Waals surface area contributed by atoms with Crippen molar-refractivity contribution in [1.82, 2.24) is 15.2 Å². The van der Waals surface area contributed by atoms with Crippen molar-refractivity contribution < 1.29 is 23.8 Å². The van der Waals surface area contributed by atoms with E-state index in [1.807, 2.05) is 24.3 Å². The predicted octanol–water partition coefficient (Wildman–Crippen LogP) is 3.44. The molecular formula is C20H17ClFN3O4S. The lowest BCUT2D eigenvalue weighted by atomic mass is 10.2. The number of carbonyl (C=O) groups is 2. The topological polar surface area (TPSA) is 91.8 Å². The van der Waals surface area contributed by atoms with E-state index in [2.05, 4.69) is 10.3 Å². The first kappa shape index (κ1) is 20.5. The maximum absolute atomic E-state index is 13.4. The number of para-hydroxylation sites is 1. The highest BCUT2D eigenvalue weighted by Gasteiger charge is 2.49. The lowest BCUT2D eigenvalue weighted by molar-refractivity contribution is -0.182. The molecule has 1 fully saturated rings. The molecule has 1 aliphatic heterocycles. The van der Waals surface area contributed by atoms with Gasteiger partial charge in [-0.15, -0.1) is 11.3 Å². The first-order valence-electron chi connectivity index (χ1n) is 9.10. The molecule has 0 radical (unpaired) electrons. The summed E-state index contributed by atoms with van der Waals surface area (Å²) < 4.78 is 19.4. The minimum Gasteiger partial charge on any atom is -0.407 e. The number of hydrogen-bond acceptors (Lipinski definition) is 6. The number of nitrogens with one attached hydrogen (secondary N) is 1. The van der Waals surface area contributed by atoms with Gasteiger partial charge in [-0.1, -0.05) is 23.7 Å². The van der Waals surface area contributed by atoms with Gasteiger partial charge in [-0.25, -0.2) is 14.2 Å². The van der Waals surface area contributed by atoms with E-state index in [-0.39, 0.29) is 31.1 Å². The maximum atomic E-state index is 13.4. The third-order valence-electron chi connectivity index (χ3n) is 4.63. The second-order valence-electron chi connectivity index (χ2n) is 6.86. The summed E-state index contributed by atoms with van der Waals surface area (Å²) >= 11 is 7.23. The van der Waals surface area contributed by atoms with Gasteiger partial charge < -0.3 is 20.1 Å². The molecule has 1 saturated heterocycles. The van der Waals surface area contributed by atoms with Crippen molar-refractivity contribution >= 4 is 45.2 Å². The Morgan fingerprint density at radius 1 is 1.37 bits per heavy atom.